The largest absolute Gasteiger partial charge is 0.496 e. The molecule has 3 aromatic rings. The van der Waals surface area contributed by atoms with E-state index in [9.17, 15) is 9.59 Å². The van der Waals surface area contributed by atoms with Crippen LogP contribution >= 0.6 is 0 Å². The number of hydrogen-bond acceptors (Lipinski definition) is 7. The highest BCUT2D eigenvalue weighted by atomic mass is 16.6. The highest BCUT2D eigenvalue weighted by Gasteiger charge is 2.31. The number of carbonyl (C=O) groups excluding carboxylic acids is 2. The summed E-state index contributed by atoms with van der Waals surface area (Å²) in [5.41, 5.74) is 3.20. The van der Waals surface area contributed by atoms with Crippen molar-refractivity contribution >= 4 is 28.9 Å². The fourth-order valence-electron chi connectivity index (χ4n) is 3.93. The van der Waals surface area contributed by atoms with E-state index < -0.39 is 6.04 Å². The number of piperazine rings is 1. The van der Waals surface area contributed by atoms with Crippen molar-refractivity contribution in [1.82, 2.24) is 25.4 Å². The summed E-state index contributed by atoms with van der Waals surface area (Å²) in [6.45, 7) is 2.21. The average molecular weight is 450 g/mol. The number of carbonyl (C=O) groups is 2. The van der Waals surface area contributed by atoms with Crippen LogP contribution in [0.2, 0.25) is 0 Å². The van der Waals surface area contributed by atoms with Gasteiger partial charge in [0.2, 0.25) is 11.8 Å². The Morgan fingerprint density at radius 3 is 2.94 bits per heavy atom. The highest BCUT2D eigenvalue weighted by Crippen LogP contribution is 2.19. The lowest BCUT2D eigenvalue weighted by Gasteiger charge is -2.34. The number of ether oxygens (including phenoxy) is 1. The summed E-state index contributed by atoms with van der Waals surface area (Å²) in [5, 5.41) is 10.5. The zero-order chi connectivity index (χ0) is 23.2. The minimum absolute atomic E-state index is 0.103. The smallest absolute Gasteiger partial charge is 0.237 e. The molecule has 1 N–H and O–H groups in total. The first-order valence-electron chi connectivity index (χ1n) is 10.8. The van der Waals surface area contributed by atoms with Gasteiger partial charge in [-0.2, -0.15) is 0 Å². The van der Waals surface area contributed by atoms with Gasteiger partial charge in [0.25, 0.3) is 0 Å². The maximum atomic E-state index is 12.9. The predicted molar refractivity (Wildman–Crippen MR) is 123 cm³/mol. The third-order valence-electron chi connectivity index (χ3n) is 5.75. The summed E-state index contributed by atoms with van der Waals surface area (Å²) in [5.74, 6) is 0.566. The maximum Gasteiger partial charge on any atom is 0.237 e. The molecule has 0 bridgehead atoms. The number of aromatic nitrogens is 2. The Hall–Kier alpha value is -3.72. The molecular weight excluding hydrogens is 422 g/mol. The van der Waals surface area contributed by atoms with Gasteiger partial charge in [0.05, 0.1) is 19.6 Å². The van der Waals surface area contributed by atoms with Crippen LogP contribution in [-0.2, 0) is 16.1 Å². The molecule has 33 heavy (non-hydrogen) atoms. The van der Waals surface area contributed by atoms with Crippen LogP contribution in [0, 0.1) is 0 Å². The van der Waals surface area contributed by atoms with Gasteiger partial charge in [-0.1, -0.05) is 36.4 Å². The molecule has 1 atom stereocenters. The first-order valence-corrected chi connectivity index (χ1v) is 10.8. The quantitative estimate of drug-likeness (QED) is 0.562. The second kappa shape index (κ2) is 10.3. The molecule has 2 heterocycles. The summed E-state index contributed by atoms with van der Waals surface area (Å²) in [6.07, 6.45) is 4.09. The van der Waals surface area contributed by atoms with Gasteiger partial charge in [-0.15, -0.1) is 0 Å². The molecule has 1 aliphatic rings. The molecule has 0 spiro atoms. The van der Waals surface area contributed by atoms with Crippen molar-refractivity contribution in [2.45, 2.75) is 19.0 Å². The molecule has 2 aromatic carbocycles. The van der Waals surface area contributed by atoms with Gasteiger partial charge < -0.3 is 15.0 Å². The Morgan fingerprint density at radius 1 is 1.27 bits per heavy atom. The first-order chi connectivity index (χ1) is 16.0. The van der Waals surface area contributed by atoms with E-state index in [4.69, 9.17) is 9.37 Å². The second-order valence-electron chi connectivity index (χ2n) is 7.99. The normalized spacial score (nSPS) is 16.8. The zero-order valence-corrected chi connectivity index (χ0v) is 18.7. The van der Waals surface area contributed by atoms with E-state index in [1.165, 1.54) is 0 Å². The van der Waals surface area contributed by atoms with E-state index in [1.807, 2.05) is 59.5 Å². The minimum Gasteiger partial charge on any atom is -0.496 e. The highest BCUT2D eigenvalue weighted by molar-refractivity contribution is 5.89. The van der Waals surface area contributed by atoms with E-state index >= 15 is 0 Å². The van der Waals surface area contributed by atoms with Crippen molar-refractivity contribution in [1.29, 1.82) is 0 Å². The number of hydrogen-bond donors (Lipinski definition) is 1. The van der Waals surface area contributed by atoms with Crippen molar-refractivity contribution in [3.05, 3.63) is 59.7 Å². The molecule has 2 amide bonds. The van der Waals surface area contributed by atoms with Crippen LogP contribution in [0.4, 0.5) is 0 Å². The molecule has 9 heteroatoms. The number of para-hydroxylation sites is 1. The third-order valence-corrected chi connectivity index (χ3v) is 5.75. The SMILES string of the molecule is COc1ccccc1/C=C/CN1CCNC(=O)C1CC(=O)N(C)Cc1ccc2nonc2c1. The Kier molecular flexibility index (Phi) is 6.99. The number of amides is 2. The topological polar surface area (TPSA) is 101 Å². The van der Waals surface area contributed by atoms with Crippen molar-refractivity contribution in [2.75, 3.05) is 33.8 Å². The van der Waals surface area contributed by atoms with Crippen LogP contribution in [0.5, 0.6) is 5.75 Å². The molecule has 0 aliphatic carbocycles. The summed E-state index contributed by atoms with van der Waals surface area (Å²) in [6, 6.07) is 12.8. The number of nitrogens with one attached hydrogen (secondary N) is 1. The van der Waals surface area contributed by atoms with Gasteiger partial charge in [-0.25, -0.2) is 4.63 Å². The zero-order valence-electron chi connectivity index (χ0n) is 18.7. The molecule has 1 unspecified atom stereocenters. The molecule has 1 aliphatic heterocycles. The van der Waals surface area contributed by atoms with Gasteiger partial charge in [-0.05, 0) is 34.1 Å². The molecule has 0 radical (unpaired) electrons. The van der Waals surface area contributed by atoms with Gasteiger partial charge >= 0.3 is 0 Å². The Morgan fingerprint density at radius 2 is 2.09 bits per heavy atom. The molecule has 1 saturated heterocycles. The fourth-order valence-corrected chi connectivity index (χ4v) is 3.93. The lowest BCUT2D eigenvalue weighted by molar-refractivity contribution is -0.138. The molecule has 4 rings (SSSR count). The Balaban J connectivity index is 1.38. The van der Waals surface area contributed by atoms with E-state index in [2.05, 4.69) is 15.6 Å². The van der Waals surface area contributed by atoms with Crippen LogP contribution in [0.3, 0.4) is 0 Å². The first kappa shape index (κ1) is 22.5. The van der Waals surface area contributed by atoms with E-state index in [1.54, 1.807) is 19.1 Å². The molecule has 1 aromatic heterocycles. The fraction of sp³-hybridized carbons (Fsp3) is 0.333. The lowest BCUT2D eigenvalue weighted by Crippen LogP contribution is -2.56. The average Bonchev–Trinajstić information content (AvgIpc) is 3.29. The summed E-state index contributed by atoms with van der Waals surface area (Å²) in [7, 11) is 3.38. The number of fused-ring (bicyclic) bond motifs is 1. The van der Waals surface area contributed by atoms with Crippen LogP contribution in [-0.4, -0.2) is 71.8 Å². The summed E-state index contributed by atoms with van der Waals surface area (Å²) < 4.78 is 10.1. The number of methoxy groups -OCH3 is 1. The van der Waals surface area contributed by atoms with Gasteiger partial charge in [0, 0.05) is 38.8 Å². The second-order valence-corrected chi connectivity index (χ2v) is 7.99. The molecule has 1 fully saturated rings. The predicted octanol–water partition coefficient (Wildman–Crippen LogP) is 2.09. The summed E-state index contributed by atoms with van der Waals surface area (Å²) >= 11 is 0. The van der Waals surface area contributed by atoms with Crippen LogP contribution in [0.1, 0.15) is 17.5 Å². The van der Waals surface area contributed by atoms with E-state index in [-0.39, 0.29) is 18.2 Å². The van der Waals surface area contributed by atoms with E-state index in [0.29, 0.717) is 37.2 Å². The van der Waals surface area contributed by atoms with Gasteiger partial charge in [-0.3, -0.25) is 14.5 Å². The lowest BCUT2D eigenvalue weighted by atomic mass is 10.1. The molecule has 0 saturated carbocycles. The standard InChI is InChI=1S/C24H27N5O4/c1-28(16-17-9-10-19-20(14-17)27-33-26-19)23(30)15-21-24(31)25-11-13-29(21)12-5-7-18-6-3-4-8-22(18)32-2/h3-10,14,21H,11-13,15-16H2,1-2H3,(H,25,31)/b7-5+. The van der Waals surface area contributed by atoms with Crippen molar-refractivity contribution in [3.8, 4) is 5.75 Å². The van der Waals surface area contributed by atoms with Crippen LogP contribution < -0.4 is 10.1 Å². The Bertz CT molecular complexity index is 1160. The maximum absolute atomic E-state index is 12.9. The van der Waals surface area contributed by atoms with Crippen molar-refractivity contribution in [2.24, 2.45) is 0 Å². The van der Waals surface area contributed by atoms with Crippen molar-refractivity contribution < 1.29 is 19.0 Å². The van der Waals surface area contributed by atoms with Crippen LogP contribution in [0.25, 0.3) is 17.1 Å². The van der Waals surface area contributed by atoms with Crippen LogP contribution in [0.15, 0.2) is 53.2 Å². The molecule has 172 valence electrons. The van der Waals surface area contributed by atoms with Crippen molar-refractivity contribution in [3.63, 3.8) is 0 Å². The summed E-state index contributed by atoms with van der Waals surface area (Å²) in [4.78, 5) is 29.2. The monoisotopic (exact) mass is 449 g/mol. The minimum atomic E-state index is -0.516. The number of benzene rings is 2. The third kappa shape index (κ3) is 5.38. The molecule has 9 nitrogen and oxygen atoms in total. The van der Waals surface area contributed by atoms with E-state index in [0.717, 1.165) is 16.9 Å². The number of nitrogens with zero attached hydrogens (tertiary/aromatic N) is 4. The van der Waals surface area contributed by atoms with Gasteiger partial charge in [0.1, 0.15) is 16.8 Å². The molecular formula is C24H27N5O4. The van der Waals surface area contributed by atoms with Gasteiger partial charge in [0.15, 0.2) is 0 Å². The Labute approximate surface area is 191 Å². The number of rotatable bonds is 8.